The summed E-state index contributed by atoms with van der Waals surface area (Å²) in [6.45, 7) is 6.74. The zero-order valence-corrected chi connectivity index (χ0v) is 13.1. The van der Waals surface area contributed by atoms with E-state index >= 15 is 0 Å². The minimum Gasteiger partial charge on any atom is -0.355 e. The Labute approximate surface area is 121 Å². The minimum absolute atomic E-state index is 0.685. The number of aliphatic imine (C=N–C) groups is 1. The number of hydrogen-bond acceptors (Lipinski definition) is 3. The molecule has 0 aromatic carbocycles. The second-order valence-corrected chi connectivity index (χ2v) is 6.80. The van der Waals surface area contributed by atoms with Gasteiger partial charge >= 0.3 is 0 Å². The number of likely N-dealkylation sites (N-methyl/N-ethyl adjacent to an activating group) is 1. The molecule has 2 fully saturated rings. The monoisotopic (exact) mass is 284 g/mol. The first kappa shape index (κ1) is 15.0. The summed E-state index contributed by atoms with van der Waals surface area (Å²) in [5.41, 5.74) is 0. The van der Waals surface area contributed by atoms with E-state index in [1.54, 1.807) is 0 Å². The Morgan fingerprint density at radius 1 is 1.26 bits per heavy atom. The van der Waals surface area contributed by atoms with Crippen LogP contribution >= 0.6 is 11.8 Å². The van der Waals surface area contributed by atoms with Gasteiger partial charge in [0.25, 0.3) is 0 Å². The van der Waals surface area contributed by atoms with E-state index in [9.17, 15) is 0 Å². The summed E-state index contributed by atoms with van der Waals surface area (Å²) in [5, 5.41) is 7.73. The molecule has 2 aliphatic rings. The van der Waals surface area contributed by atoms with Gasteiger partial charge in [0.15, 0.2) is 5.96 Å². The predicted octanol–water partition coefficient (Wildman–Crippen LogP) is 1.53. The van der Waals surface area contributed by atoms with E-state index in [-0.39, 0.29) is 0 Å². The second-order valence-electron chi connectivity index (χ2n) is 5.39. The first-order valence-electron chi connectivity index (χ1n) is 7.63. The molecule has 2 rings (SSSR count). The van der Waals surface area contributed by atoms with Crippen molar-refractivity contribution in [2.45, 2.75) is 43.9 Å². The van der Waals surface area contributed by atoms with Crippen molar-refractivity contribution in [2.75, 3.05) is 39.0 Å². The van der Waals surface area contributed by atoms with Gasteiger partial charge in [-0.15, -0.1) is 0 Å². The lowest BCUT2D eigenvalue weighted by Crippen LogP contribution is -2.46. The molecular formula is C14H28N4S. The fourth-order valence-electron chi connectivity index (χ4n) is 2.99. The highest BCUT2D eigenvalue weighted by Crippen LogP contribution is 2.25. The molecule has 2 aliphatic heterocycles. The van der Waals surface area contributed by atoms with Crippen LogP contribution < -0.4 is 10.6 Å². The van der Waals surface area contributed by atoms with E-state index in [0.29, 0.717) is 6.04 Å². The first-order valence-corrected chi connectivity index (χ1v) is 8.68. The average molecular weight is 284 g/mol. The number of likely N-dealkylation sites (tertiary alicyclic amines) is 1. The molecule has 0 saturated carbocycles. The zero-order valence-electron chi connectivity index (χ0n) is 12.3. The minimum atomic E-state index is 0.685. The van der Waals surface area contributed by atoms with Crippen LogP contribution in [0.3, 0.4) is 0 Å². The summed E-state index contributed by atoms with van der Waals surface area (Å²) in [5.74, 6) is 2.29. The van der Waals surface area contributed by atoms with Crippen LogP contribution in [0, 0.1) is 0 Å². The lowest BCUT2D eigenvalue weighted by Gasteiger charge is -2.24. The summed E-state index contributed by atoms with van der Waals surface area (Å²) >= 11 is 2.09. The third-order valence-electron chi connectivity index (χ3n) is 4.16. The van der Waals surface area contributed by atoms with Crippen molar-refractivity contribution >= 4 is 17.7 Å². The van der Waals surface area contributed by atoms with Gasteiger partial charge in [0.2, 0.25) is 0 Å². The van der Waals surface area contributed by atoms with Gasteiger partial charge in [-0.3, -0.25) is 9.89 Å². The van der Waals surface area contributed by atoms with Crippen molar-refractivity contribution in [3.05, 3.63) is 0 Å². The SMILES string of the molecule is CCN1CCCC1CNC(=NC)NCC1CCCS1. The van der Waals surface area contributed by atoms with E-state index < -0.39 is 0 Å². The van der Waals surface area contributed by atoms with Gasteiger partial charge in [0, 0.05) is 31.4 Å². The number of guanidine groups is 1. The second kappa shape index (κ2) is 8.00. The Balaban J connectivity index is 1.67. The Hall–Kier alpha value is -0.420. The van der Waals surface area contributed by atoms with Gasteiger partial charge in [0.1, 0.15) is 0 Å². The number of rotatable bonds is 5. The molecule has 0 aromatic heterocycles. The maximum absolute atomic E-state index is 4.33. The van der Waals surface area contributed by atoms with Crippen molar-refractivity contribution < 1.29 is 0 Å². The number of thioether (sulfide) groups is 1. The van der Waals surface area contributed by atoms with Gasteiger partial charge in [-0.2, -0.15) is 11.8 Å². The maximum atomic E-state index is 4.33. The van der Waals surface area contributed by atoms with E-state index in [0.717, 1.165) is 30.8 Å². The molecule has 0 amide bonds. The van der Waals surface area contributed by atoms with Crippen LogP contribution in [0.25, 0.3) is 0 Å². The molecular weight excluding hydrogens is 256 g/mol. The third kappa shape index (κ3) is 4.56. The van der Waals surface area contributed by atoms with Gasteiger partial charge < -0.3 is 10.6 Å². The zero-order chi connectivity index (χ0) is 13.5. The smallest absolute Gasteiger partial charge is 0.191 e. The van der Waals surface area contributed by atoms with Crippen LogP contribution in [0.5, 0.6) is 0 Å². The van der Waals surface area contributed by atoms with Crippen LogP contribution in [0.15, 0.2) is 4.99 Å². The molecule has 0 spiro atoms. The Kier molecular flexibility index (Phi) is 6.31. The summed E-state index contributed by atoms with van der Waals surface area (Å²) in [6, 6.07) is 0.685. The Morgan fingerprint density at radius 3 is 2.79 bits per heavy atom. The van der Waals surface area contributed by atoms with E-state index in [2.05, 4.69) is 39.2 Å². The van der Waals surface area contributed by atoms with E-state index in [1.165, 1.54) is 38.0 Å². The Morgan fingerprint density at radius 2 is 2.11 bits per heavy atom. The molecule has 5 heteroatoms. The number of hydrogen-bond donors (Lipinski definition) is 2. The standard InChI is InChI=1S/C14H28N4S/c1-3-18-8-4-6-12(18)10-16-14(15-2)17-11-13-7-5-9-19-13/h12-13H,3-11H2,1-2H3,(H2,15,16,17). The van der Waals surface area contributed by atoms with Crippen molar-refractivity contribution in [3.8, 4) is 0 Å². The van der Waals surface area contributed by atoms with Crippen LogP contribution in [-0.4, -0.2) is 61.1 Å². The van der Waals surface area contributed by atoms with Gasteiger partial charge in [-0.05, 0) is 44.5 Å². The normalized spacial score (nSPS) is 28.8. The Bertz CT molecular complexity index is 289. The van der Waals surface area contributed by atoms with Crippen molar-refractivity contribution in [3.63, 3.8) is 0 Å². The highest BCUT2D eigenvalue weighted by Gasteiger charge is 2.23. The average Bonchev–Trinajstić information content (AvgIpc) is 3.09. The molecule has 2 N–H and O–H groups in total. The molecule has 2 unspecified atom stereocenters. The van der Waals surface area contributed by atoms with Gasteiger partial charge in [0.05, 0.1) is 0 Å². The van der Waals surface area contributed by atoms with E-state index in [4.69, 9.17) is 0 Å². The molecule has 19 heavy (non-hydrogen) atoms. The summed E-state index contributed by atoms with van der Waals surface area (Å²) < 4.78 is 0. The molecule has 0 bridgehead atoms. The molecule has 110 valence electrons. The van der Waals surface area contributed by atoms with Crippen LogP contribution in [0.4, 0.5) is 0 Å². The van der Waals surface area contributed by atoms with Crippen LogP contribution in [-0.2, 0) is 0 Å². The summed E-state index contributed by atoms with van der Waals surface area (Å²) in [4.78, 5) is 6.89. The van der Waals surface area contributed by atoms with E-state index in [1.807, 2.05) is 7.05 Å². The molecule has 4 nitrogen and oxygen atoms in total. The lowest BCUT2D eigenvalue weighted by atomic mass is 10.2. The molecule has 0 radical (unpaired) electrons. The maximum Gasteiger partial charge on any atom is 0.191 e. The highest BCUT2D eigenvalue weighted by atomic mass is 32.2. The van der Waals surface area contributed by atoms with Crippen LogP contribution in [0.1, 0.15) is 32.6 Å². The molecule has 2 atom stereocenters. The highest BCUT2D eigenvalue weighted by molar-refractivity contribution is 8.00. The topological polar surface area (TPSA) is 39.7 Å². The van der Waals surface area contributed by atoms with Crippen LogP contribution in [0.2, 0.25) is 0 Å². The van der Waals surface area contributed by atoms with Gasteiger partial charge in [-0.1, -0.05) is 6.92 Å². The lowest BCUT2D eigenvalue weighted by molar-refractivity contribution is 0.267. The van der Waals surface area contributed by atoms with Gasteiger partial charge in [-0.25, -0.2) is 0 Å². The van der Waals surface area contributed by atoms with Crippen molar-refractivity contribution in [1.82, 2.24) is 15.5 Å². The fraction of sp³-hybridized carbons (Fsp3) is 0.929. The molecule has 0 aliphatic carbocycles. The predicted molar refractivity (Wildman–Crippen MR) is 85.1 cm³/mol. The fourth-order valence-corrected chi connectivity index (χ4v) is 4.19. The molecule has 0 aromatic rings. The molecule has 2 saturated heterocycles. The quantitative estimate of drug-likeness (QED) is 0.593. The number of nitrogens with one attached hydrogen (secondary N) is 2. The third-order valence-corrected chi connectivity index (χ3v) is 5.55. The number of nitrogens with zero attached hydrogens (tertiary/aromatic N) is 2. The van der Waals surface area contributed by atoms with Crippen molar-refractivity contribution in [2.24, 2.45) is 4.99 Å². The molecule has 2 heterocycles. The summed E-state index contributed by atoms with van der Waals surface area (Å²) in [7, 11) is 1.86. The van der Waals surface area contributed by atoms with Crippen molar-refractivity contribution in [1.29, 1.82) is 0 Å². The largest absolute Gasteiger partial charge is 0.355 e. The first-order chi connectivity index (χ1) is 9.33. The summed E-state index contributed by atoms with van der Waals surface area (Å²) in [6.07, 6.45) is 5.37.